The lowest BCUT2D eigenvalue weighted by molar-refractivity contribution is -0.132. The molecular weight excluding hydrogens is 472 g/mol. The highest BCUT2D eigenvalue weighted by molar-refractivity contribution is 5.93. The molecule has 192 valence electrons. The predicted molar refractivity (Wildman–Crippen MR) is 151 cm³/mol. The van der Waals surface area contributed by atoms with Crippen LogP contribution in [-0.2, 0) is 4.79 Å². The molecule has 0 spiro atoms. The number of amides is 1. The van der Waals surface area contributed by atoms with Gasteiger partial charge in [-0.15, -0.1) is 10.2 Å². The molecule has 3 aromatic carbocycles. The van der Waals surface area contributed by atoms with Gasteiger partial charge in [-0.05, 0) is 43.0 Å². The molecule has 1 fully saturated rings. The van der Waals surface area contributed by atoms with Crippen molar-refractivity contribution in [3.63, 3.8) is 0 Å². The van der Waals surface area contributed by atoms with Gasteiger partial charge >= 0.3 is 0 Å². The van der Waals surface area contributed by atoms with Crippen LogP contribution in [0.3, 0.4) is 0 Å². The van der Waals surface area contributed by atoms with Crippen LogP contribution in [0.5, 0.6) is 0 Å². The van der Waals surface area contributed by atoms with E-state index in [1.165, 1.54) is 0 Å². The van der Waals surface area contributed by atoms with Gasteiger partial charge in [-0.3, -0.25) is 4.79 Å². The topological polar surface area (TPSA) is 66.6 Å². The number of fused-ring (bicyclic) bond motifs is 3. The van der Waals surface area contributed by atoms with Crippen LogP contribution in [0.2, 0.25) is 0 Å². The number of hydrogen-bond acceptors (Lipinski definition) is 5. The molecule has 0 unspecified atom stereocenters. The van der Waals surface area contributed by atoms with Crippen LogP contribution in [0.15, 0.2) is 78.9 Å². The fourth-order valence-electron chi connectivity index (χ4n) is 5.57. The summed E-state index contributed by atoms with van der Waals surface area (Å²) in [6.45, 7) is 7.08. The van der Waals surface area contributed by atoms with Gasteiger partial charge in [-0.25, -0.2) is 9.38 Å². The highest BCUT2D eigenvalue weighted by Crippen LogP contribution is 2.30. The minimum Gasteiger partial charge on any atom is -0.340 e. The summed E-state index contributed by atoms with van der Waals surface area (Å²) in [5.74, 6) is 1.71. The van der Waals surface area contributed by atoms with E-state index in [9.17, 15) is 4.79 Å². The fourth-order valence-corrected chi connectivity index (χ4v) is 5.57. The van der Waals surface area contributed by atoms with Crippen molar-refractivity contribution < 1.29 is 4.79 Å². The predicted octanol–water partition coefficient (Wildman–Crippen LogP) is 5.49. The first-order valence-electron chi connectivity index (χ1n) is 13.4. The Bertz CT molecular complexity index is 1590. The first-order valence-corrected chi connectivity index (χ1v) is 13.4. The normalized spacial score (nSPS) is 15.1. The van der Waals surface area contributed by atoms with Crippen molar-refractivity contribution >= 4 is 28.4 Å². The van der Waals surface area contributed by atoms with Crippen LogP contribution in [0.4, 0.5) is 5.95 Å². The summed E-state index contributed by atoms with van der Waals surface area (Å²) in [6, 6.07) is 26.5. The Hall–Kier alpha value is -4.26. The average molecular weight is 505 g/mol. The van der Waals surface area contributed by atoms with Crippen LogP contribution in [-0.4, -0.2) is 56.6 Å². The van der Waals surface area contributed by atoms with Gasteiger partial charge in [-0.2, -0.15) is 0 Å². The second-order valence-electron chi connectivity index (χ2n) is 9.96. The number of carbonyl (C=O) groups excluding carboxylic acids is 1. The Balaban J connectivity index is 1.37. The molecule has 7 nitrogen and oxygen atoms in total. The molecule has 2 aromatic heterocycles. The van der Waals surface area contributed by atoms with Crippen molar-refractivity contribution in [2.75, 3.05) is 31.1 Å². The monoisotopic (exact) mass is 504 g/mol. The summed E-state index contributed by atoms with van der Waals surface area (Å²) in [7, 11) is 0. The smallest absolute Gasteiger partial charge is 0.230 e. The number of para-hydroxylation sites is 1. The van der Waals surface area contributed by atoms with Gasteiger partial charge in [0.1, 0.15) is 0 Å². The summed E-state index contributed by atoms with van der Waals surface area (Å²) in [5.41, 5.74) is 4.97. The molecule has 0 aliphatic carbocycles. The quantitative estimate of drug-likeness (QED) is 0.317. The maximum atomic E-state index is 13.6. The molecule has 1 amide bonds. The Morgan fingerprint density at radius 3 is 2.45 bits per heavy atom. The summed E-state index contributed by atoms with van der Waals surface area (Å²) >= 11 is 0. The molecule has 5 aromatic rings. The van der Waals surface area contributed by atoms with Gasteiger partial charge < -0.3 is 9.80 Å². The van der Waals surface area contributed by atoms with Gasteiger partial charge in [0, 0.05) is 37.1 Å². The van der Waals surface area contributed by atoms with E-state index >= 15 is 0 Å². The number of rotatable bonds is 5. The van der Waals surface area contributed by atoms with Crippen LogP contribution in [0.1, 0.15) is 36.8 Å². The van der Waals surface area contributed by atoms with Crippen molar-refractivity contribution in [1.82, 2.24) is 24.5 Å². The third-order valence-electron chi connectivity index (χ3n) is 7.61. The minimum absolute atomic E-state index is 0.112. The maximum Gasteiger partial charge on any atom is 0.230 e. The van der Waals surface area contributed by atoms with Gasteiger partial charge in [0.2, 0.25) is 11.9 Å². The third kappa shape index (κ3) is 4.28. The Kier molecular flexibility index (Phi) is 6.50. The zero-order valence-electron chi connectivity index (χ0n) is 21.9. The number of hydrogen-bond donors (Lipinski definition) is 0. The molecule has 0 bridgehead atoms. The Labute approximate surface area is 222 Å². The molecule has 0 radical (unpaired) electrons. The van der Waals surface area contributed by atoms with Gasteiger partial charge in [0.15, 0.2) is 11.5 Å². The minimum atomic E-state index is -0.112. The zero-order valence-corrected chi connectivity index (χ0v) is 21.9. The standard InChI is InChI=1S/C31H32N6O/c1-3-24(23-13-5-4-6-14-23)30(38)35-18-11-19-36(21-20-35)31-32-27-17-10-9-16-26(27)29-34-33-28(37(29)31)25-15-8-7-12-22(25)2/h4-10,12-17,24H,3,11,18-21H2,1-2H3/t24-/m1/s1. The number of nitrogens with zero attached hydrogens (tertiary/aromatic N) is 6. The van der Waals surface area contributed by atoms with Crippen LogP contribution < -0.4 is 4.90 Å². The molecular formula is C31H32N6O. The molecule has 3 heterocycles. The first kappa shape index (κ1) is 24.1. The van der Waals surface area contributed by atoms with Crippen LogP contribution in [0, 0.1) is 6.92 Å². The summed E-state index contributed by atoms with van der Waals surface area (Å²) in [4.78, 5) is 23.1. The highest BCUT2D eigenvalue weighted by atomic mass is 16.2. The van der Waals surface area contributed by atoms with E-state index in [2.05, 4.69) is 63.7 Å². The molecule has 0 N–H and O–H groups in total. The highest BCUT2D eigenvalue weighted by Gasteiger charge is 2.28. The fraction of sp³-hybridized carbons (Fsp3) is 0.290. The first-order chi connectivity index (χ1) is 18.7. The van der Waals surface area contributed by atoms with Gasteiger partial charge in [0.05, 0.1) is 11.4 Å². The SMILES string of the molecule is CC[C@@H](C(=O)N1CCCN(c2nc3ccccc3c3nnc(-c4ccccc4C)n23)CC1)c1ccccc1. The lowest BCUT2D eigenvalue weighted by Gasteiger charge is -2.27. The summed E-state index contributed by atoms with van der Waals surface area (Å²) in [5, 5.41) is 10.3. The van der Waals surface area contributed by atoms with E-state index in [1.807, 2.05) is 53.4 Å². The van der Waals surface area contributed by atoms with Gasteiger partial charge in [0.25, 0.3) is 0 Å². The van der Waals surface area contributed by atoms with Crippen LogP contribution >= 0.6 is 0 Å². The molecule has 0 saturated carbocycles. The van der Waals surface area contributed by atoms with E-state index in [4.69, 9.17) is 4.98 Å². The molecule has 6 rings (SSSR count). The van der Waals surface area contributed by atoms with Crippen molar-refractivity contribution in [2.45, 2.75) is 32.6 Å². The van der Waals surface area contributed by atoms with Crippen molar-refractivity contribution in [1.29, 1.82) is 0 Å². The van der Waals surface area contributed by atoms with E-state index in [0.29, 0.717) is 13.1 Å². The van der Waals surface area contributed by atoms with Crippen LogP contribution in [0.25, 0.3) is 27.9 Å². The Morgan fingerprint density at radius 2 is 1.63 bits per heavy atom. The Morgan fingerprint density at radius 1 is 0.868 bits per heavy atom. The molecule has 7 heteroatoms. The second-order valence-corrected chi connectivity index (χ2v) is 9.96. The van der Waals surface area contributed by atoms with Gasteiger partial charge in [-0.1, -0.05) is 73.7 Å². The van der Waals surface area contributed by atoms with E-state index < -0.39 is 0 Å². The number of carbonyl (C=O) groups is 1. The molecule has 1 aliphatic rings. The summed E-state index contributed by atoms with van der Waals surface area (Å²) in [6.07, 6.45) is 1.66. The van der Waals surface area contributed by atoms with E-state index in [-0.39, 0.29) is 11.8 Å². The lowest BCUT2D eigenvalue weighted by Crippen LogP contribution is -2.38. The largest absolute Gasteiger partial charge is 0.340 e. The number of anilines is 1. The average Bonchev–Trinajstić information content (AvgIpc) is 3.24. The zero-order chi connectivity index (χ0) is 26.1. The lowest BCUT2D eigenvalue weighted by atomic mass is 9.95. The second kappa shape index (κ2) is 10.2. The van der Waals surface area contributed by atoms with Crippen molar-refractivity contribution in [3.05, 3.63) is 90.0 Å². The number of aryl methyl sites for hydroxylation is 1. The maximum absolute atomic E-state index is 13.6. The molecule has 1 aliphatic heterocycles. The van der Waals surface area contributed by atoms with Crippen molar-refractivity contribution in [3.8, 4) is 11.4 Å². The van der Waals surface area contributed by atoms with E-state index in [1.54, 1.807) is 0 Å². The molecule has 1 saturated heterocycles. The van der Waals surface area contributed by atoms with E-state index in [0.717, 1.165) is 70.9 Å². The number of aromatic nitrogens is 4. The van der Waals surface area contributed by atoms with Crippen molar-refractivity contribution in [2.24, 2.45) is 0 Å². The third-order valence-corrected chi connectivity index (χ3v) is 7.61. The molecule has 38 heavy (non-hydrogen) atoms. The molecule has 1 atom stereocenters. The summed E-state index contributed by atoms with van der Waals surface area (Å²) < 4.78 is 2.10. The number of benzene rings is 3.